The first-order valence-electron chi connectivity index (χ1n) is 4.13. The molecule has 0 aliphatic heterocycles. The summed E-state index contributed by atoms with van der Waals surface area (Å²) in [4.78, 5) is 10.8. The van der Waals surface area contributed by atoms with Crippen molar-refractivity contribution in [2.75, 3.05) is 0 Å². The van der Waals surface area contributed by atoms with Crippen LogP contribution in [0.15, 0.2) is 24.3 Å². The smallest absolute Gasteiger partial charge is 0.310 e. The average Bonchev–Trinajstić information content (AvgIpc) is 2.09. The number of aliphatic carboxylic acids is 1. The van der Waals surface area contributed by atoms with Crippen LogP contribution in [0, 0.1) is 3.57 Å². The van der Waals surface area contributed by atoms with E-state index >= 15 is 0 Å². The van der Waals surface area contributed by atoms with Gasteiger partial charge in [-0.25, -0.2) is 0 Å². The molecule has 0 spiro atoms. The van der Waals surface area contributed by atoms with Gasteiger partial charge in [0.1, 0.15) is 0 Å². The largest absolute Gasteiger partial charge is 0.481 e. The monoisotopic (exact) mass is 290 g/mol. The molecule has 13 heavy (non-hydrogen) atoms. The molecule has 0 saturated carbocycles. The highest BCUT2D eigenvalue weighted by atomic mass is 127. The van der Waals surface area contributed by atoms with Crippen molar-refractivity contribution in [2.24, 2.45) is 0 Å². The Hall–Kier alpha value is -0.580. The Morgan fingerprint density at radius 3 is 2.38 bits per heavy atom. The normalized spacial score (nSPS) is 12.5. The summed E-state index contributed by atoms with van der Waals surface area (Å²) in [6, 6.07) is 7.62. The van der Waals surface area contributed by atoms with Crippen molar-refractivity contribution in [1.29, 1.82) is 0 Å². The standard InChI is InChI=1S/C10H11IO2/c1-2-9(10(12)13)7-3-5-8(11)6-4-7/h3-6,9H,2H2,1H3,(H,12,13). The molecule has 1 N–H and O–H groups in total. The summed E-state index contributed by atoms with van der Waals surface area (Å²) >= 11 is 2.20. The predicted molar refractivity (Wildman–Crippen MR) is 59.8 cm³/mol. The van der Waals surface area contributed by atoms with E-state index in [1.54, 1.807) is 0 Å². The maximum Gasteiger partial charge on any atom is 0.310 e. The first kappa shape index (κ1) is 10.5. The summed E-state index contributed by atoms with van der Waals surface area (Å²) in [5, 5.41) is 8.89. The Bertz CT molecular complexity index is 292. The molecule has 70 valence electrons. The highest BCUT2D eigenvalue weighted by Gasteiger charge is 2.16. The van der Waals surface area contributed by atoms with Crippen LogP contribution in [-0.4, -0.2) is 11.1 Å². The molecule has 0 radical (unpaired) electrons. The summed E-state index contributed by atoms with van der Waals surface area (Å²) in [5.41, 5.74) is 0.885. The van der Waals surface area contributed by atoms with Crippen molar-refractivity contribution in [3.05, 3.63) is 33.4 Å². The molecule has 0 heterocycles. The molecule has 0 aliphatic carbocycles. The SMILES string of the molecule is CCC(C(=O)O)c1ccc(I)cc1. The number of halogens is 1. The lowest BCUT2D eigenvalue weighted by molar-refractivity contribution is -0.138. The third-order valence-electron chi connectivity index (χ3n) is 1.98. The maximum absolute atomic E-state index is 10.8. The van der Waals surface area contributed by atoms with E-state index in [2.05, 4.69) is 22.6 Å². The summed E-state index contributed by atoms with van der Waals surface area (Å²) < 4.78 is 1.13. The van der Waals surface area contributed by atoms with Gasteiger partial charge in [0, 0.05) is 3.57 Å². The van der Waals surface area contributed by atoms with Gasteiger partial charge in [0.2, 0.25) is 0 Å². The van der Waals surface area contributed by atoms with E-state index in [1.807, 2.05) is 31.2 Å². The van der Waals surface area contributed by atoms with E-state index in [-0.39, 0.29) is 5.92 Å². The van der Waals surface area contributed by atoms with Crippen molar-refractivity contribution >= 4 is 28.6 Å². The first-order valence-corrected chi connectivity index (χ1v) is 5.21. The van der Waals surface area contributed by atoms with Crippen molar-refractivity contribution in [3.63, 3.8) is 0 Å². The van der Waals surface area contributed by atoms with Crippen molar-refractivity contribution < 1.29 is 9.90 Å². The minimum Gasteiger partial charge on any atom is -0.481 e. The minimum atomic E-state index is -0.747. The Morgan fingerprint density at radius 2 is 2.00 bits per heavy atom. The second kappa shape index (κ2) is 4.60. The summed E-state index contributed by atoms with van der Waals surface area (Å²) in [6.45, 7) is 1.89. The molecular formula is C10H11IO2. The molecule has 1 rings (SSSR count). The average molecular weight is 290 g/mol. The van der Waals surface area contributed by atoms with Crippen molar-refractivity contribution in [3.8, 4) is 0 Å². The van der Waals surface area contributed by atoms with Gasteiger partial charge in [0.15, 0.2) is 0 Å². The molecule has 0 aliphatic rings. The second-order valence-corrected chi connectivity index (χ2v) is 4.10. The van der Waals surface area contributed by atoms with Gasteiger partial charge in [-0.2, -0.15) is 0 Å². The number of hydrogen-bond donors (Lipinski definition) is 1. The molecule has 0 amide bonds. The zero-order valence-corrected chi connectivity index (χ0v) is 9.48. The zero-order chi connectivity index (χ0) is 9.84. The van der Waals surface area contributed by atoms with Gasteiger partial charge in [-0.1, -0.05) is 19.1 Å². The molecule has 0 bridgehead atoms. The van der Waals surface area contributed by atoms with E-state index < -0.39 is 5.97 Å². The van der Waals surface area contributed by atoms with Crippen LogP contribution in [0.1, 0.15) is 24.8 Å². The van der Waals surface area contributed by atoms with Crippen LogP contribution in [0.5, 0.6) is 0 Å². The topological polar surface area (TPSA) is 37.3 Å². The van der Waals surface area contributed by atoms with Gasteiger partial charge in [0.05, 0.1) is 5.92 Å². The Morgan fingerprint density at radius 1 is 1.46 bits per heavy atom. The van der Waals surface area contributed by atoms with Gasteiger partial charge in [-0.05, 0) is 46.7 Å². The van der Waals surface area contributed by atoms with Gasteiger partial charge < -0.3 is 5.11 Å². The summed E-state index contributed by atoms with van der Waals surface area (Å²) in [5.74, 6) is -1.11. The van der Waals surface area contributed by atoms with Crippen LogP contribution in [0.25, 0.3) is 0 Å². The molecule has 3 heteroatoms. The molecule has 1 unspecified atom stereocenters. The lowest BCUT2D eigenvalue weighted by Gasteiger charge is -2.09. The lowest BCUT2D eigenvalue weighted by Crippen LogP contribution is -2.10. The highest BCUT2D eigenvalue weighted by Crippen LogP contribution is 2.20. The van der Waals surface area contributed by atoms with Gasteiger partial charge in [-0.3, -0.25) is 4.79 Å². The molecule has 0 saturated heterocycles. The molecule has 1 atom stereocenters. The van der Waals surface area contributed by atoms with Crippen LogP contribution >= 0.6 is 22.6 Å². The van der Waals surface area contributed by atoms with Gasteiger partial charge in [-0.15, -0.1) is 0 Å². The molecule has 2 nitrogen and oxygen atoms in total. The van der Waals surface area contributed by atoms with E-state index in [9.17, 15) is 4.79 Å². The third-order valence-corrected chi connectivity index (χ3v) is 2.70. The number of carbonyl (C=O) groups is 1. The van der Waals surface area contributed by atoms with Crippen molar-refractivity contribution in [2.45, 2.75) is 19.3 Å². The highest BCUT2D eigenvalue weighted by molar-refractivity contribution is 14.1. The second-order valence-electron chi connectivity index (χ2n) is 2.85. The fourth-order valence-electron chi connectivity index (χ4n) is 1.25. The molecule has 0 aromatic heterocycles. The molecule has 1 aromatic carbocycles. The molecule has 1 aromatic rings. The van der Waals surface area contributed by atoms with Crippen LogP contribution in [0.3, 0.4) is 0 Å². The Kier molecular flexibility index (Phi) is 3.71. The number of rotatable bonds is 3. The summed E-state index contributed by atoms with van der Waals surface area (Å²) in [7, 11) is 0. The van der Waals surface area contributed by atoms with E-state index in [4.69, 9.17) is 5.11 Å². The van der Waals surface area contributed by atoms with E-state index in [0.29, 0.717) is 6.42 Å². The zero-order valence-electron chi connectivity index (χ0n) is 7.33. The maximum atomic E-state index is 10.8. The first-order chi connectivity index (χ1) is 6.15. The van der Waals surface area contributed by atoms with Gasteiger partial charge >= 0.3 is 5.97 Å². The number of benzene rings is 1. The van der Waals surface area contributed by atoms with Crippen molar-refractivity contribution in [1.82, 2.24) is 0 Å². The van der Waals surface area contributed by atoms with Gasteiger partial charge in [0.25, 0.3) is 0 Å². The Labute approximate surface area is 91.1 Å². The molecular weight excluding hydrogens is 279 g/mol. The van der Waals surface area contributed by atoms with Crippen LogP contribution in [0.4, 0.5) is 0 Å². The number of carboxylic acids is 1. The van der Waals surface area contributed by atoms with Crippen LogP contribution in [-0.2, 0) is 4.79 Å². The predicted octanol–water partition coefficient (Wildman–Crippen LogP) is 2.87. The third kappa shape index (κ3) is 2.69. The minimum absolute atomic E-state index is 0.364. The van der Waals surface area contributed by atoms with Crippen LogP contribution < -0.4 is 0 Å². The molecule has 0 fully saturated rings. The van der Waals surface area contributed by atoms with E-state index in [0.717, 1.165) is 9.13 Å². The number of hydrogen-bond acceptors (Lipinski definition) is 1. The lowest BCUT2D eigenvalue weighted by atomic mass is 9.97. The van der Waals surface area contributed by atoms with Crippen LogP contribution in [0.2, 0.25) is 0 Å². The summed E-state index contributed by atoms with van der Waals surface area (Å²) in [6.07, 6.45) is 0.635. The Balaban J connectivity index is 2.92. The fraction of sp³-hybridized carbons (Fsp3) is 0.300. The fourth-order valence-corrected chi connectivity index (χ4v) is 1.61. The van der Waals surface area contributed by atoms with E-state index in [1.165, 1.54) is 0 Å². The quantitative estimate of drug-likeness (QED) is 0.869. The number of carboxylic acid groups (broad SMARTS) is 1.